The predicted octanol–water partition coefficient (Wildman–Crippen LogP) is 4.37. The summed E-state index contributed by atoms with van der Waals surface area (Å²) in [4.78, 5) is 1.30. The van der Waals surface area contributed by atoms with E-state index in [0.29, 0.717) is 0 Å². The summed E-state index contributed by atoms with van der Waals surface area (Å²) in [6.45, 7) is 4.26. The van der Waals surface area contributed by atoms with E-state index in [2.05, 4.69) is 60.1 Å². The third-order valence-electron chi connectivity index (χ3n) is 3.03. The molecule has 1 aromatic carbocycles. The summed E-state index contributed by atoms with van der Waals surface area (Å²) in [5, 5.41) is 0. The van der Waals surface area contributed by atoms with Crippen molar-refractivity contribution >= 4 is 27.3 Å². The zero-order valence-electron chi connectivity index (χ0n) is 10.0. The fourth-order valence-corrected chi connectivity index (χ4v) is 3.79. The molecule has 2 rings (SSSR count). The lowest BCUT2D eigenvalue weighted by Crippen LogP contribution is -2.14. The number of thiophene rings is 1. The molecule has 1 unspecified atom stereocenters. The average molecular weight is 310 g/mol. The lowest BCUT2D eigenvalue weighted by molar-refractivity contribution is 0.717. The Bertz CT molecular complexity index is 519. The first-order valence-corrected chi connectivity index (χ1v) is 7.25. The Labute approximate surface area is 115 Å². The number of benzene rings is 1. The second kappa shape index (κ2) is 5.34. The van der Waals surface area contributed by atoms with E-state index in [1.54, 1.807) is 11.3 Å². The fraction of sp³-hybridized carbons (Fsp3) is 0.286. The molecule has 1 nitrogen and oxygen atoms in total. The molecule has 0 amide bonds. The van der Waals surface area contributed by atoms with Crippen molar-refractivity contribution in [3.05, 3.63) is 55.7 Å². The van der Waals surface area contributed by atoms with Crippen LogP contribution < -0.4 is 5.73 Å². The van der Waals surface area contributed by atoms with Crippen molar-refractivity contribution in [2.45, 2.75) is 26.3 Å². The smallest absolute Gasteiger partial charge is 0.0704 e. The monoisotopic (exact) mass is 309 g/mol. The highest BCUT2D eigenvalue weighted by Crippen LogP contribution is 2.31. The van der Waals surface area contributed by atoms with Gasteiger partial charge in [-0.25, -0.2) is 0 Å². The van der Waals surface area contributed by atoms with Crippen LogP contribution in [-0.4, -0.2) is 0 Å². The molecule has 17 heavy (non-hydrogen) atoms. The minimum absolute atomic E-state index is 0.0821. The Morgan fingerprint density at radius 2 is 2.00 bits per heavy atom. The molecule has 0 spiro atoms. The summed E-state index contributed by atoms with van der Waals surface area (Å²) < 4.78 is 1.16. The first-order valence-electron chi connectivity index (χ1n) is 5.64. The van der Waals surface area contributed by atoms with Crippen LogP contribution in [0.15, 0.2) is 34.1 Å². The summed E-state index contributed by atoms with van der Waals surface area (Å²) in [5.74, 6) is 0. The van der Waals surface area contributed by atoms with Crippen LogP contribution in [0.5, 0.6) is 0 Å². The van der Waals surface area contributed by atoms with E-state index >= 15 is 0 Å². The van der Waals surface area contributed by atoms with Gasteiger partial charge in [-0.3, -0.25) is 0 Å². The zero-order valence-corrected chi connectivity index (χ0v) is 12.4. The second-order valence-corrected chi connectivity index (χ2v) is 6.93. The highest BCUT2D eigenvalue weighted by molar-refractivity contribution is 9.11. The maximum absolute atomic E-state index is 6.30. The Balaban J connectivity index is 2.20. The highest BCUT2D eigenvalue weighted by Gasteiger charge is 2.13. The predicted molar refractivity (Wildman–Crippen MR) is 78.6 cm³/mol. The van der Waals surface area contributed by atoms with Crippen molar-refractivity contribution in [3.63, 3.8) is 0 Å². The standard InChI is InChI=1S/C14H16BrNS/c1-9-5-3-4-6-11(9)7-13(16)12-8-14(15)17-10(12)2/h3-6,8,13H,7,16H2,1-2H3. The van der Waals surface area contributed by atoms with Gasteiger partial charge in [0.25, 0.3) is 0 Å². The summed E-state index contributed by atoms with van der Waals surface area (Å²) in [5.41, 5.74) is 10.2. The summed E-state index contributed by atoms with van der Waals surface area (Å²) in [6.07, 6.45) is 0.899. The van der Waals surface area contributed by atoms with Crippen LogP contribution in [0.25, 0.3) is 0 Å². The van der Waals surface area contributed by atoms with E-state index in [1.807, 2.05) is 0 Å². The van der Waals surface area contributed by atoms with Gasteiger partial charge in [-0.2, -0.15) is 0 Å². The zero-order chi connectivity index (χ0) is 12.4. The molecule has 0 aliphatic carbocycles. The molecule has 0 radical (unpaired) electrons. The van der Waals surface area contributed by atoms with Crippen LogP contribution in [0.3, 0.4) is 0 Å². The number of hydrogen-bond acceptors (Lipinski definition) is 2. The van der Waals surface area contributed by atoms with E-state index < -0.39 is 0 Å². The summed E-state index contributed by atoms with van der Waals surface area (Å²) >= 11 is 5.26. The lowest BCUT2D eigenvalue weighted by Gasteiger charge is -2.13. The molecule has 0 aliphatic rings. The Morgan fingerprint density at radius 3 is 2.59 bits per heavy atom. The van der Waals surface area contributed by atoms with Crippen LogP contribution in [0.1, 0.15) is 27.6 Å². The number of halogens is 1. The molecule has 0 bridgehead atoms. The van der Waals surface area contributed by atoms with Gasteiger partial charge in [0.1, 0.15) is 0 Å². The molecule has 0 saturated heterocycles. The van der Waals surface area contributed by atoms with E-state index in [-0.39, 0.29) is 6.04 Å². The molecule has 2 aromatic rings. The van der Waals surface area contributed by atoms with Gasteiger partial charge in [0.15, 0.2) is 0 Å². The van der Waals surface area contributed by atoms with Gasteiger partial charge in [0.05, 0.1) is 3.79 Å². The molecular formula is C14H16BrNS. The van der Waals surface area contributed by atoms with Gasteiger partial charge in [-0.05, 0) is 59.0 Å². The summed E-state index contributed by atoms with van der Waals surface area (Å²) in [7, 11) is 0. The normalized spacial score (nSPS) is 12.7. The van der Waals surface area contributed by atoms with E-state index in [0.717, 1.165) is 10.2 Å². The number of aryl methyl sites for hydroxylation is 2. The largest absolute Gasteiger partial charge is 0.324 e. The van der Waals surface area contributed by atoms with Crippen LogP contribution >= 0.6 is 27.3 Å². The number of rotatable bonds is 3. The maximum Gasteiger partial charge on any atom is 0.0704 e. The van der Waals surface area contributed by atoms with Gasteiger partial charge in [-0.15, -0.1) is 11.3 Å². The topological polar surface area (TPSA) is 26.0 Å². The van der Waals surface area contributed by atoms with Crippen molar-refractivity contribution in [2.75, 3.05) is 0 Å². The van der Waals surface area contributed by atoms with Crippen LogP contribution in [-0.2, 0) is 6.42 Å². The molecule has 1 heterocycles. The van der Waals surface area contributed by atoms with Gasteiger partial charge < -0.3 is 5.73 Å². The maximum atomic E-state index is 6.30. The Hall–Kier alpha value is -0.640. The minimum Gasteiger partial charge on any atom is -0.324 e. The molecular weight excluding hydrogens is 294 g/mol. The molecule has 0 saturated carbocycles. The Kier molecular flexibility index (Phi) is 4.02. The van der Waals surface area contributed by atoms with Crippen LogP contribution in [0.2, 0.25) is 0 Å². The third-order valence-corrected chi connectivity index (χ3v) is 4.60. The highest BCUT2D eigenvalue weighted by atomic mass is 79.9. The fourth-order valence-electron chi connectivity index (χ4n) is 2.01. The first kappa shape index (κ1) is 12.8. The first-order chi connectivity index (χ1) is 8.08. The number of nitrogens with two attached hydrogens (primary N) is 1. The summed E-state index contributed by atoms with van der Waals surface area (Å²) in [6, 6.07) is 10.7. The lowest BCUT2D eigenvalue weighted by atomic mass is 9.97. The van der Waals surface area contributed by atoms with Crippen molar-refractivity contribution in [3.8, 4) is 0 Å². The van der Waals surface area contributed by atoms with Crippen molar-refractivity contribution < 1.29 is 0 Å². The van der Waals surface area contributed by atoms with Gasteiger partial charge >= 0.3 is 0 Å². The molecule has 0 aliphatic heterocycles. The van der Waals surface area contributed by atoms with E-state index in [4.69, 9.17) is 5.73 Å². The molecule has 0 fully saturated rings. The Morgan fingerprint density at radius 1 is 1.29 bits per heavy atom. The van der Waals surface area contributed by atoms with E-state index in [1.165, 1.54) is 21.6 Å². The van der Waals surface area contributed by atoms with Gasteiger partial charge in [0, 0.05) is 10.9 Å². The van der Waals surface area contributed by atoms with Gasteiger partial charge in [0.2, 0.25) is 0 Å². The quantitative estimate of drug-likeness (QED) is 0.895. The van der Waals surface area contributed by atoms with Crippen molar-refractivity contribution in [1.82, 2.24) is 0 Å². The van der Waals surface area contributed by atoms with E-state index in [9.17, 15) is 0 Å². The molecule has 1 aromatic heterocycles. The molecule has 1 atom stereocenters. The van der Waals surface area contributed by atoms with Crippen LogP contribution in [0, 0.1) is 13.8 Å². The average Bonchev–Trinajstić information content (AvgIpc) is 2.61. The second-order valence-electron chi connectivity index (χ2n) is 4.30. The van der Waals surface area contributed by atoms with Crippen LogP contribution in [0.4, 0.5) is 0 Å². The van der Waals surface area contributed by atoms with Gasteiger partial charge in [-0.1, -0.05) is 24.3 Å². The molecule has 2 N–H and O–H groups in total. The van der Waals surface area contributed by atoms with Crippen molar-refractivity contribution in [1.29, 1.82) is 0 Å². The third kappa shape index (κ3) is 2.97. The number of hydrogen-bond donors (Lipinski definition) is 1. The minimum atomic E-state index is 0.0821. The SMILES string of the molecule is Cc1ccccc1CC(N)c1cc(Br)sc1C. The van der Waals surface area contributed by atoms with Crippen molar-refractivity contribution in [2.24, 2.45) is 5.73 Å². The molecule has 90 valence electrons. The molecule has 3 heteroatoms.